The standard InChI is InChI=1S/C13H17ClN2/c14-11-1-2-13-10(6-11)7-12-5-9(8-15)3-4-16(12)13/h1-2,6,9,12H,3-5,7-8,15H2. The van der Waals surface area contributed by atoms with E-state index in [1.165, 1.54) is 24.1 Å². The number of halogens is 1. The van der Waals surface area contributed by atoms with Crippen molar-refractivity contribution >= 4 is 17.3 Å². The van der Waals surface area contributed by atoms with Gasteiger partial charge in [0.25, 0.3) is 0 Å². The summed E-state index contributed by atoms with van der Waals surface area (Å²) in [4.78, 5) is 2.54. The van der Waals surface area contributed by atoms with Crippen LogP contribution in [-0.2, 0) is 6.42 Å². The van der Waals surface area contributed by atoms with Crippen LogP contribution in [0.4, 0.5) is 5.69 Å². The van der Waals surface area contributed by atoms with Crippen molar-refractivity contribution in [3.05, 3.63) is 28.8 Å². The predicted molar refractivity (Wildman–Crippen MR) is 68.1 cm³/mol. The molecule has 1 fully saturated rings. The molecule has 2 aliphatic rings. The molecule has 0 spiro atoms. The fourth-order valence-electron chi connectivity index (χ4n) is 3.11. The second-order valence-electron chi connectivity index (χ2n) is 4.95. The normalized spacial score (nSPS) is 27.8. The van der Waals surface area contributed by atoms with E-state index in [1.807, 2.05) is 6.07 Å². The lowest BCUT2D eigenvalue weighted by atomic mass is 9.91. The first-order valence-electron chi connectivity index (χ1n) is 6.03. The SMILES string of the molecule is NCC1CCN2c3ccc(Cl)cc3CC2C1. The second kappa shape index (κ2) is 3.94. The number of nitrogens with two attached hydrogens (primary N) is 1. The van der Waals surface area contributed by atoms with Gasteiger partial charge in [0, 0.05) is 23.3 Å². The third kappa shape index (κ3) is 1.61. The van der Waals surface area contributed by atoms with Crippen LogP contribution in [0.15, 0.2) is 18.2 Å². The molecule has 2 unspecified atom stereocenters. The summed E-state index contributed by atoms with van der Waals surface area (Å²) in [5.74, 6) is 0.714. The maximum atomic E-state index is 6.04. The summed E-state index contributed by atoms with van der Waals surface area (Å²) in [6, 6.07) is 6.95. The van der Waals surface area contributed by atoms with Crippen molar-refractivity contribution in [2.45, 2.75) is 25.3 Å². The Kier molecular flexibility index (Phi) is 2.56. The maximum Gasteiger partial charge on any atom is 0.0410 e. The Morgan fingerprint density at radius 1 is 1.44 bits per heavy atom. The van der Waals surface area contributed by atoms with Crippen LogP contribution < -0.4 is 10.6 Å². The smallest absolute Gasteiger partial charge is 0.0410 e. The highest BCUT2D eigenvalue weighted by Gasteiger charge is 2.34. The van der Waals surface area contributed by atoms with Gasteiger partial charge in [-0.05, 0) is 55.5 Å². The molecular formula is C13H17ClN2. The molecule has 0 bridgehead atoms. The zero-order chi connectivity index (χ0) is 11.1. The van der Waals surface area contributed by atoms with Gasteiger partial charge in [0.05, 0.1) is 0 Å². The molecule has 1 aromatic rings. The molecule has 0 aromatic heterocycles. The monoisotopic (exact) mass is 236 g/mol. The Morgan fingerprint density at radius 2 is 2.31 bits per heavy atom. The molecule has 16 heavy (non-hydrogen) atoms. The predicted octanol–water partition coefficient (Wildman–Crippen LogP) is 2.44. The minimum absolute atomic E-state index is 0.663. The van der Waals surface area contributed by atoms with E-state index in [-0.39, 0.29) is 0 Å². The average Bonchev–Trinajstić information content (AvgIpc) is 2.64. The molecule has 0 saturated carbocycles. The number of rotatable bonds is 1. The minimum Gasteiger partial charge on any atom is -0.368 e. The van der Waals surface area contributed by atoms with Crippen molar-refractivity contribution in [2.75, 3.05) is 18.0 Å². The molecule has 2 N–H and O–H groups in total. The molecular weight excluding hydrogens is 220 g/mol. The lowest BCUT2D eigenvalue weighted by molar-refractivity contribution is 0.357. The molecule has 0 radical (unpaired) electrons. The first-order chi connectivity index (χ1) is 7.78. The van der Waals surface area contributed by atoms with Crippen molar-refractivity contribution in [1.29, 1.82) is 0 Å². The van der Waals surface area contributed by atoms with Crippen molar-refractivity contribution in [1.82, 2.24) is 0 Å². The number of hydrogen-bond donors (Lipinski definition) is 1. The minimum atomic E-state index is 0.663. The number of anilines is 1. The third-order valence-electron chi connectivity index (χ3n) is 3.96. The van der Waals surface area contributed by atoms with Crippen molar-refractivity contribution in [3.8, 4) is 0 Å². The average molecular weight is 237 g/mol. The summed E-state index contributed by atoms with van der Waals surface area (Å²) < 4.78 is 0. The molecule has 1 saturated heterocycles. The largest absolute Gasteiger partial charge is 0.368 e. The van der Waals surface area contributed by atoms with Crippen LogP contribution in [0.3, 0.4) is 0 Å². The number of nitrogens with zero attached hydrogens (tertiary/aromatic N) is 1. The van der Waals surface area contributed by atoms with Crippen LogP contribution in [0.25, 0.3) is 0 Å². The zero-order valence-electron chi connectivity index (χ0n) is 9.32. The quantitative estimate of drug-likeness (QED) is 0.812. The highest BCUT2D eigenvalue weighted by atomic mass is 35.5. The van der Waals surface area contributed by atoms with Gasteiger partial charge in [0.2, 0.25) is 0 Å². The van der Waals surface area contributed by atoms with Crippen LogP contribution in [0, 0.1) is 5.92 Å². The highest BCUT2D eigenvalue weighted by molar-refractivity contribution is 6.30. The van der Waals surface area contributed by atoms with Gasteiger partial charge in [-0.25, -0.2) is 0 Å². The molecule has 86 valence electrons. The number of benzene rings is 1. The van der Waals surface area contributed by atoms with E-state index in [1.54, 1.807) is 0 Å². The fourth-order valence-corrected chi connectivity index (χ4v) is 3.31. The molecule has 3 rings (SSSR count). The van der Waals surface area contributed by atoms with Crippen LogP contribution in [-0.4, -0.2) is 19.1 Å². The van der Waals surface area contributed by atoms with Gasteiger partial charge in [-0.3, -0.25) is 0 Å². The Morgan fingerprint density at radius 3 is 3.12 bits per heavy atom. The maximum absolute atomic E-state index is 6.04. The van der Waals surface area contributed by atoms with E-state index < -0.39 is 0 Å². The van der Waals surface area contributed by atoms with E-state index in [0.29, 0.717) is 12.0 Å². The van der Waals surface area contributed by atoms with Gasteiger partial charge in [0.1, 0.15) is 0 Å². The highest BCUT2D eigenvalue weighted by Crippen LogP contribution is 2.39. The van der Waals surface area contributed by atoms with Crippen LogP contribution in [0.2, 0.25) is 5.02 Å². The van der Waals surface area contributed by atoms with Crippen molar-refractivity contribution in [2.24, 2.45) is 11.7 Å². The number of hydrogen-bond acceptors (Lipinski definition) is 2. The van der Waals surface area contributed by atoms with Crippen LogP contribution in [0.5, 0.6) is 0 Å². The van der Waals surface area contributed by atoms with Gasteiger partial charge < -0.3 is 10.6 Å². The van der Waals surface area contributed by atoms with Crippen LogP contribution >= 0.6 is 11.6 Å². The zero-order valence-corrected chi connectivity index (χ0v) is 10.1. The summed E-state index contributed by atoms with van der Waals surface area (Å²) in [7, 11) is 0. The Bertz CT molecular complexity index is 405. The summed E-state index contributed by atoms with van der Waals surface area (Å²) >= 11 is 6.04. The topological polar surface area (TPSA) is 29.3 Å². The van der Waals surface area contributed by atoms with Gasteiger partial charge in [-0.2, -0.15) is 0 Å². The Labute approximate surface area is 101 Å². The lowest BCUT2D eigenvalue weighted by Crippen LogP contribution is -2.41. The first-order valence-corrected chi connectivity index (χ1v) is 6.41. The molecule has 0 aliphatic carbocycles. The third-order valence-corrected chi connectivity index (χ3v) is 4.20. The van der Waals surface area contributed by atoms with E-state index in [9.17, 15) is 0 Å². The van der Waals surface area contributed by atoms with Crippen molar-refractivity contribution < 1.29 is 0 Å². The molecule has 0 amide bonds. The fraction of sp³-hybridized carbons (Fsp3) is 0.538. The van der Waals surface area contributed by atoms with Gasteiger partial charge >= 0.3 is 0 Å². The van der Waals surface area contributed by atoms with Gasteiger partial charge in [0.15, 0.2) is 0 Å². The van der Waals surface area contributed by atoms with E-state index in [2.05, 4.69) is 17.0 Å². The Hall–Kier alpha value is -0.730. The molecule has 2 aliphatic heterocycles. The van der Waals surface area contributed by atoms with E-state index in [4.69, 9.17) is 17.3 Å². The second-order valence-corrected chi connectivity index (χ2v) is 5.39. The van der Waals surface area contributed by atoms with E-state index in [0.717, 1.165) is 24.5 Å². The van der Waals surface area contributed by atoms with Crippen LogP contribution in [0.1, 0.15) is 18.4 Å². The molecule has 3 heteroatoms. The molecule has 2 nitrogen and oxygen atoms in total. The molecule has 2 atom stereocenters. The molecule has 2 heterocycles. The summed E-state index contributed by atoms with van der Waals surface area (Å²) in [6.45, 7) is 1.99. The number of fused-ring (bicyclic) bond motifs is 3. The first kappa shape index (κ1) is 10.4. The molecule has 1 aromatic carbocycles. The van der Waals surface area contributed by atoms with Gasteiger partial charge in [-0.1, -0.05) is 11.6 Å². The summed E-state index contributed by atoms with van der Waals surface area (Å²) in [5, 5.41) is 0.856. The van der Waals surface area contributed by atoms with Gasteiger partial charge in [-0.15, -0.1) is 0 Å². The summed E-state index contributed by atoms with van der Waals surface area (Å²) in [6.07, 6.45) is 3.62. The summed E-state index contributed by atoms with van der Waals surface area (Å²) in [5.41, 5.74) is 8.58. The Balaban J connectivity index is 1.87. The number of piperidine rings is 1. The van der Waals surface area contributed by atoms with Crippen molar-refractivity contribution in [3.63, 3.8) is 0 Å². The lowest BCUT2D eigenvalue weighted by Gasteiger charge is -2.36. The van der Waals surface area contributed by atoms with E-state index >= 15 is 0 Å².